The molecule has 4 heteroatoms. The fourth-order valence-corrected chi connectivity index (χ4v) is 4.90. The van der Waals surface area contributed by atoms with E-state index in [-0.39, 0.29) is 11.3 Å². The molecule has 3 aliphatic rings. The molecule has 0 bridgehead atoms. The summed E-state index contributed by atoms with van der Waals surface area (Å²) in [4.78, 5) is 24.6. The third-order valence-electron chi connectivity index (χ3n) is 6.61. The zero-order chi connectivity index (χ0) is 17.6. The van der Waals surface area contributed by atoms with Gasteiger partial charge in [-0.3, -0.25) is 4.79 Å². The van der Waals surface area contributed by atoms with Gasteiger partial charge in [0.1, 0.15) is 0 Å². The average molecular weight is 347 g/mol. The summed E-state index contributed by atoms with van der Waals surface area (Å²) in [5.41, 5.74) is 3.59. The molecule has 4 nitrogen and oxygen atoms in total. The van der Waals surface area contributed by atoms with Gasteiger partial charge in [0.2, 0.25) is 5.91 Å². The van der Waals surface area contributed by atoms with Gasteiger partial charge in [0, 0.05) is 36.2 Å². The van der Waals surface area contributed by atoms with Crippen LogP contribution in [0.25, 0.3) is 11.4 Å². The lowest BCUT2D eigenvalue weighted by molar-refractivity contribution is -0.140. The first kappa shape index (κ1) is 16.0. The van der Waals surface area contributed by atoms with Gasteiger partial charge in [0.15, 0.2) is 5.82 Å². The van der Waals surface area contributed by atoms with Crippen LogP contribution in [0.4, 0.5) is 0 Å². The first-order valence-electron chi connectivity index (χ1n) is 9.96. The molecule has 1 amide bonds. The van der Waals surface area contributed by atoms with E-state index < -0.39 is 0 Å². The van der Waals surface area contributed by atoms with Crippen molar-refractivity contribution in [3.8, 4) is 11.4 Å². The standard InChI is InChI=1S/C22H25N3O/c26-21(17-8-4-9-17)25-13-5-11-22(15-25)12-10-18-14-23-20(24-19(18)22)16-6-2-1-3-7-16/h1-3,6-7,14,17H,4-5,8-13,15H2. The van der Waals surface area contributed by atoms with Gasteiger partial charge in [-0.05, 0) is 44.1 Å². The van der Waals surface area contributed by atoms with Gasteiger partial charge in [-0.1, -0.05) is 36.8 Å². The Labute approximate surface area is 154 Å². The second-order valence-corrected chi connectivity index (χ2v) is 8.20. The number of carbonyl (C=O) groups excluding carboxylic acids is 1. The van der Waals surface area contributed by atoms with E-state index in [1.807, 2.05) is 24.4 Å². The summed E-state index contributed by atoms with van der Waals surface area (Å²) in [6, 6.07) is 10.2. The van der Waals surface area contributed by atoms with Crippen molar-refractivity contribution in [3.63, 3.8) is 0 Å². The molecule has 1 aliphatic heterocycles. The fraction of sp³-hybridized carbons (Fsp3) is 0.500. The van der Waals surface area contributed by atoms with E-state index in [2.05, 4.69) is 22.0 Å². The number of likely N-dealkylation sites (tertiary alicyclic amines) is 1. The van der Waals surface area contributed by atoms with Crippen LogP contribution >= 0.6 is 0 Å². The van der Waals surface area contributed by atoms with Crippen molar-refractivity contribution in [2.75, 3.05) is 13.1 Å². The van der Waals surface area contributed by atoms with E-state index in [4.69, 9.17) is 4.98 Å². The lowest BCUT2D eigenvalue weighted by Crippen LogP contribution is -2.50. The Morgan fingerprint density at radius 1 is 1.12 bits per heavy atom. The summed E-state index contributed by atoms with van der Waals surface area (Å²) in [5, 5.41) is 0. The minimum absolute atomic E-state index is 0.0411. The molecule has 2 aliphatic carbocycles. The van der Waals surface area contributed by atoms with Crippen LogP contribution in [0.5, 0.6) is 0 Å². The molecular weight excluding hydrogens is 322 g/mol. The number of nitrogens with zero attached hydrogens (tertiary/aromatic N) is 3. The van der Waals surface area contributed by atoms with Gasteiger partial charge in [0.25, 0.3) is 0 Å². The van der Waals surface area contributed by atoms with Gasteiger partial charge in [-0.25, -0.2) is 9.97 Å². The van der Waals surface area contributed by atoms with Crippen LogP contribution in [0, 0.1) is 5.92 Å². The van der Waals surface area contributed by atoms with E-state index in [1.165, 1.54) is 17.7 Å². The predicted octanol–water partition coefficient (Wildman–Crippen LogP) is 3.75. The van der Waals surface area contributed by atoms with Crippen LogP contribution in [0.15, 0.2) is 36.5 Å². The number of aromatic nitrogens is 2. The molecule has 5 rings (SSSR count). The Kier molecular flexibility index (Phi) is 3.80. The predicted molar refractivity (Wildman–Crippen MR) is 101 cm³/mol. The van der Waals surface area contributed by atoms with Crippen LogP contribution in [0.1, 0.15) is 49.8 Å². The first-order valence-corrected chi connectivity index (χ1v) is 9.96. The van der Waals surface area contributed by atoms with E-state index >= 15 is 0 Å². The quantitative estimate of drug-likeness (QED) is 0.831. The summed E-state index contributed by atoms with van der Waals surface area (Å²) in [6.07, 6.45) is 9.76. The molecule has 134 valence electrons. The van der Waals surface area contributed by atoms with E-state index in [0.717, 1.165) is 63.0 Å². The summed E-state index contributed by atoms with van der Waals surface area (Å²) in [5.74, 6) is 1.49. The number of piperidine rings is 1. The highest BCUT2D eigenvalue weighted by atomic mass is 16.2. The Hall–Kier alpha value is -2.23. The van der Waals surface area contributed by atoms with Crippen LogP contribution in [0.2, 0.25) is 0 Å². The second kappa shape index (κ2) is 6.19. The molecule has 2 heterocycles. The van der Waals surface area contributed by atoms with Gasteiger partial charge in [-0.2, -0.15) is 0 Å². The normalized spacial score (nSPS) is 25.2. The highest BCUT2D eigenvalue weighted by Gasteiger charge is 2.45. The molecule has 1 spiro atoms. The van der Waals surface area contributed by atoms with E-state index in [9.17, 15) is 4.79 Å². The molecule has 0 N–H and O–H groups in total. The largest absolute Gasteiger partial charge is 0.342 e. The summed E-state index contributed by atoms with van der Waals surface area (Å²) in [6.45, 7) is 1.77. The average Bonchev–Trinajstić information content (AvgIpc) is 2.98. The summed E-state index contributed by atoms with van der Waals surface area (Å²) in [7, 11) is 0. The topological polar surface area (TPSA) is 46.1 Å². The Bertz CT molecular complexity index is 827. The molecular formula is C22H25N3O. The molecule has 1 saturated carbocycles. The van der Waals surface area contributed by atoms with Gasteiger partial charge >= 0.3 is 0 Å². The maximum Gasteiger partial charge on any atom is 0.225 e. The van der Waals surface area contributed by atoms with Crippen molar-refractivity contribution in [2.45, 2.75) is 50.4 Å². The zero-order valence-electron chi connectivity index (χ0n) is 15.2. The zero-order valence-corrected chi connectivity index (χ0v) is 15.2. The third-order valence-corrected chi connectivity index (χ3v) is 6.61. The number of carbonyl (C=O) groups is 1. The van der Waals surface area contributed by atoms with Gasteiger partial charge in [0.05, 0.1) is 5.69 Å². The first-order chi connectivity index (χ1) is 12.8. The van der Waals surface area contributed by atoms with Gasteiger partial charge < -0.3 is 4.90 Å². The molecule has 0 radical (unpaired) electrons. The van der Waals surface area contributed by atoms with Crippen LogP contribution < -0.4 is 0 Å². The lowest BCUT2D eigenvalue weighted by atomic mass is 9.76. The van der Waals surface area contributed by atoms with Crippen molar-refractivity contribution in [1.29, 1.82) is 0 Å². The molecule has 1 atom stereocenters. The van der Waals surface area contributed by atoms with Gasteiger partial charge in [-0.15, -0.1) is 0 Å². The fourth-order valence-electron chi connectivity index (χ4n) is 4.90. The smallest absolute Gasteiger partial charge is 0.225 e. The Balaban J connectivity index is 1.47. The highest BCUT2D eigenvalue weighted by Crippen LogP contribution is 2.45. The molecule has 1 aromatic heterocycles. The Morgan fingerprint density at radius 2 is 1.96 bits per heavy atom. The number of hydrogen-bond donors (Lipinski definition) is 0. The third kappa shape index (κ3) is 2.54. The summed E-state index contributed by atoms with van der Waals surface area (Å²) >= 11 is 0. The Morgan fingerprint density at radius 3 is 2.73 bits per heavy atom. The molecule has 2 aromatic rings. The summed E-state index contributed by atoms with van der Waals surface area (Å²) < 4.78 is 0. The second-order valence-electron chi connectivity index (χ2n) is 8.20. The molecule has 1 unspecified atom stereocenters. The van der Waals surface area contributed by atoms with Crippen molar-refractivity contribution in [3.05, 3.63) is 47.8 Å². The van der Waals surface area contributed by atoms with Crippen molar-refractivity contribution < 1.29 is 4.79 Å². The molecule has 26 heavy (non-hydrogen) atoms. The van der Waals surface area contributed by atoms with Crippen molar-refractivity contribution in [2.24, 2.45) is 5.92 Å². The number of benzene rings is 1. The lowest BCUT2D eigenvalue weighted by Gasteiger charge is -2.42. The maximum atomic E-state index is 12.8. The van der Waals surface area contributed by atoms with Crippen LogP contribution in [-0.4, -0.2) is 33.9 Å². The number of hydrogen-bond acceptors (Lipinski definition) is 3. The molecule has 2 fully saturated rings. The minimum atomic E-state index is 0.0411. The monoisotopic (exact) mass is 347 g/mol. The minimum Gasteiger partial charge on any atom is -0.342 e. The molecule has 1 saturated heterocycles. The number of amides is 1. The molecule has 1 aromatic carbocycles. The number of rotatable bonds is 2. The number of aryl methyl sites for hydroxylation is 1. The van der Waals surface area contributed by atoms with Crippen LogP contribution in [0.3, 0.4) is 0 Å². The number of fused-ring (bicyclic) bond motifs is 2. The SMILES string of the molecule is O=C(C1CCC1)N1CCCC2(CCc3cnc(-c4ccccc4)nc32)C1. The highest BCUT2D eigenvalue weighted by molar-refractivity contribution is 5.80. The van der Waals surface area contributed by atoms with E-state index in [1.54, 1.807) is 0 Å². The van der Waals surface area contributed by atoms with Crippen molar-refractivity contribution in [1.82, 2.24) is 14.9 Å². The maximum absolute atomic E-state index is 12.8. The van der Waals surface area contributed by atoms with Crippen LogP contribution in [-0.2, 0) is 16.6 Å². The van der Waals surface area contributed by atoms with Crippen molar-refractivity contribution >= 4 is 5.91 Å². The van der Waals surface area contributed by atoms with E-state index in [0.29, 0.717) is 5.91 Å².